The molecule has 1 aromatic rings. The number of nitrogens with one attached hydrogen (secondary N) is 1. The number of benzene rings is 1. The molecular formula is C15H21NO5. The summed E-state index contributed by atoms with van der Waals surface area (Å²) in [5.74, 6) is -0.452. The third-order valence-electron chi connectivity index (χ3n) is 2.46. The highest BCUT2D eigenvalue weighted by atomic mass is 16.6. The Labute approximate surface area is 124 Å². The van der Waals surface area contributed by atoms with E-state index in [-0.39, 0.29) is 6.42 Å². The molecule has 1 atom stereocenters. The third kappa shape index (κ3) is 6.27. The molecule has 0 radical (unpaired) electrons. The van der Waals surface area contributed by atoms with Gasteiger partial charge in [-0.2, -0.15) is 0 Å². The van der Waals surface area contributed by atoms with E-state index >= 15 is 0 Å². The third-order valence-corrected chi connectivity index (χ3v) is 2.46. The van der Waals surface area contributed by atoms with Crippen molar-refractivity contribution in [1.29, 1.82) is 0 Å². The molecule has 0 saturated carbocycles. The van der Waals surface area contributed by atoms with Crippen molar-refractivity contribution in [3.8, 4) is 0 Å². The van der Waals surface area contributed by atoms with E-state index in [1.165, 1.54) is 7.11 Å². The number of carbonyl (C=O) groups excluding carboxylic acids is 2. The maximum Gasteiger partial charge on any atom is 0.409 e. The molecule has 2 N–H and O–H groups in total. The second-order valence-electron chi connectivity index (χ2n) is 5.56. The minimum atomic E-state index is -1.10. The first-order valence-corrected chi connectivity index (χ1v) is 6.56. The quantitative estimate of drug-likeness (QED) is 0.654. The van der Waals surface area contributed by atoms with Gasteiger partial charge in [0.2, 0.25) is 0 Å². The van der Waals surface area contributed by atoms with E-state index in [0.717, 1.165) is 0 Å². The molecule has 1 aromatic carbocycles. The summed E-state index contributed by atoms with van der Waals surface area (Å²) in [4.78, 5) is 22.9. The van der Waals surface area contributed by atoms with Crippen molar-refractivity contribution in [2.45, 2.75) is 39.0 Å². The Bertz CT molecular complexity index is 507. The van der Waals surface area contributed by atoms with E-state index in [1.54, 1.807) is 45.0 Å². The maximum atomic E-state index is 11.5. The Balaban J connectivity index is 2.61. The number of aliphatic hydroxyl groups excluding tert-OH is 1. The van der Waals surface area contributed by atoms with Gasteiger partial charge in [0.1, 0.15) is 11.8 Å². The fourth-order valence-corrected chi connectivity index (χ4v) is 1.66. The molecule has 1 unspecified atom stereocenters. The molecule has 0 aliphatic heterocycles. The number of rotatable bonds is 4. The molecule has 116 valence electrons. The summed E-state index contributed by atoms with van der Waals surface area (Å²) in [6, 6.07) is 6.64. The van der Waals surface area contributed by atoms with Gasteiger partial charge in [0.05, 0.1) is 12.7 Å². The zero-order chi connectivity index (χ0) is 16.0. The van der Waals surface area contributed by atoms with Crippen LogP contribution in [0, 0.1) is 0 Å². The van der Waals surface area contributed by atoms with Crippen LogP contribution in [0.3, 0.4) is 0 Å². The van der Waals surface area contributed by atoms with Crippen LogP contribution in [-0.2, 0) is 15.9 Å². The average molecular weight is 295 g/mol. The fourth-order valence-electron chi connectivity index (χ4n) is 1.66. The van der Waals surface area contributed by atoms with Crippen LogP contribution in [-0.4, -0.2) is 36.1 Å². The second kappa shape index (κ2) is 7.08. The Morgan fingerprint density at radius 2 is 2.00 bits per heavy atom. The van der Waals surface area contributed by atoms with E-state index in [2.05, 4.69) is 10.1 Å². The molecule has 0 aliphatic rings. The van der Waals surface area contributed by atoms with E-state index in [9.17, 15) is 14.7 Å². The summed E-state index contributed by atoms with van der Waals surface area (Å²) in [5.41, 5.74) is 0.454. The predicted octanol–water partition coefficient (Wildman–Crippen LogP) is 1.86. The van der Waals surface area contributed by atoms with Gasteiger partial charge in [-0.25, -0.2) is 9.59 Å². The van der Waals surface area contributed by atoms with Gasteiger partial charge in [-0.3, -0.25) is 5.32 Å². The molecule has 0 aliphatic carbocycles. The number of ether oxygens (including phenoxy) is 2. The lowest BCUT2D eigenvalue weighted by molar-refractivity contribution is 0.0358. The van der Waals surface area contributed by atoms with Gasteiger partial charge >= 0.3 is 12.1 Å². The van der Waals surface area contributed by atoms with Gasteiger partial charge in [0.25, 0.3) is 0 Å². The lowest BCUT2D eigenvalue weighted by Crippen LogP contribution is -2.40. The monoisotopic (exact) mass is 295 g/mol. The van der Waals surface area contributed by atoms with Crippen LogP contribution in [0.5, 0.6) is 0 Å². The summed E-state index contributed by atoms with van der Waals surface area (Å²) in [7, 11) is 1.30. The molecule has 0 heterocycles. The summed E-state index contributed by atoms with van der Waals surface area (Å²) in [5, 5.41) is 12.2. The molecule has 0 fully saturated rings. The molecule has 0 aromatic heterocycles. The Morgan fingerprint density at radius 3 is 2.57 bits per heavy atom. The first-order valence-electron chi connectivity index (χ1n) is 6.56. The van der Waals surface area contributed by atoms with E-state index in [1.807, 2.05) is 0 Å². The highest BCUT2D eigenvalue weighted by Crippen LogP contribution is 2.10. The lowest BCUT2D eigenvalue weighted by atomic mass is 10.1. The normalized spacial score (nSPS) is 12.4. The molecule has 1 amide bonds. The zero-order valence-electron chi connectivity index (χ0n) is 12.7. The number of amides is 1. The van der Waals surface area contributed by atoms with Gasteiger partial charge < -0.3 is 14.6 Å². The molecule has 6 heteroatoms. The van der Waals surface area contributed by atoms with Crippen LogP contribution in [0.15, 0.2) is 24.3 Å². The minimum absolute atomic E-state index is 0.157. The summed E-state index contributed by atoms with van der Waals surface area (Å²) in [6.45, 7) is 5.20. The van der Waals surface area contributed by atoms with Crippen molar-refractivity contribution in [2.75, 3.05) is 7.11 Å². The molecule has 6 nitrogen and oxygen atoms in total. The number of hydrogen-bond donors (Lipinski definition) is 2. The van der Waals surface area contributed by atoms with E-state index in [4.69, 9.17) is 4.74 Å². The molecule has 1 rings (SSSR count). The van der Waals surface area contributed by atoms with Crippen molar-refractivity contribution < 1.29 is 24.2 Å². The summed E-state index contributed by atoms with van der Waals surface area (Å²) >= 11 is 0. The smallest absolute Gasteiger partial charge is 0.409 e. The van der Waals surface area contributed by atoms with Crippen LogP contribution in [0.25, 0.3) is 0 Å². The topological polar surface area (TPSA) is 84.9 Å². The lowest BCUT2D eigenvalue weighted by Gasteiger charge is -2.21. The van der Waals surface area contributed by atoms with E-state index < -0.39 is 23.9 Å². The summed E-state index contributed by atoms with van der Waals surface area (Å²) in [6.07, 6.45) is -1.64. The van der Waals surface area contributed by atoms with E-state index in [0.29, 0.717) is 11.1 Å². The van der Waals surface area contributed by atoms with Gasteiger partial charge in [-0.1, -0.05) is 12.1 Å². The molecular weight excluding hydrogens is 274 g/mol. The Morgan fingerprint density at radius 1 is 1.33 bits per heavy atom. The Kier molecular flexibility index (Phi) is 5.72. The largest absolute Gasteiger partial charge is 0.465 e. The maximum absolute atomic E-state index is 11.5. The number of carbonyl (C=O) groups is 2. The zero-order valence-corrected chi connectivity index (χ0v) is 12.7. The molecule has 0 saturated heterocycles. The van der Waals surface area contributed by atoms with Crippen molar-refractivity contribution in [1.82, 2.24) is 5.32 Å². The SMILES string of the molecule is COC(=O)c1cccc(CC(O)NC(=O)OC(C)(C)C)c1. The highest BCUT2D eigenvalue weighted by Gasteiger charge is 2.18. The second-order valence-corrected chi connectivity index (χ2v) is 5.56. The van der Waals surface area contributed by atoms with Crippen LogP contribution in [0.4, 0.5) is 4.79 Å². The van der Waals surface area contributed by atoms with Crippen molar-refractivity contribution in [2.24, 2.45) is 0 Å². The van der Waals surface area contributed by atoms with Crippen LogP contribution >= 0.6 is 0 Å². The van der Waals surface area contributed by atoms with Gasteiger partial charge in [-0.05, 0) is 38.5 Å². The Hall–Kier alpha value is -2.08. The first-order chi connectivity index (χ1) is 9.71. The predicted molar refractivity (Wildman–Crippen MR) is 76.9 cm³/mol. The minimum Gasteiger partial charge on any atom is -0.465 e. The number of esters is 1. The first kappa shape index (κ1) is 17.0. The van der Waals surface area contributed by atoms with Crippen molar-refractivity contribution in [3.63, 3.8) is 0 Å². The average Bonchev–Trinajstić information content (AvgIpc) is 2.35. The van der Waals surface area contributed by atoms with Gasteiger partial charge in [0.15, 0.2) is 0 Å². The van der Waals surface area contributed by atoms with Gasteiger partial charge in [0, 0.05) is 6.42 Å². The molecule has 0 spiro atoms. The number of aliphatic hydroxyl groups is 1. The standard InChI is InChI=1S/C15H21NO5/c1-15(2,3)21-14(19)16-12(17)9-10-6-5-7-11(8-10)13(18)20-4/h5-8,12,17H,9H2,1-4H3,(H,16,19). The summed E-state index contributed by atoms with van der Waals surface area (Å²) < 4.78 is 9.67. The van der Waals surface area contributed by atoms with Crippen molar-refractivity contribution in [3.05, 3.63) is 35.4 Å². The number of alkyl carbamates (subject to hydrolysis) is 1. The fraction of sp³-hybridized carbons (Fsp3) is 0.467. The molecule has 0 bridgehead atoms. The number of hydrogen-bond acceptors (Lipinski definition) is 5. The van der Waals surface area contributed by atoms with Crippen LogP contribution in [0.2, 0.25) is 0 Å². The van der Waals surface area contributed by atoms with Crippen LogP contribution < -0.4 is 5.32 Å². The number of methoxy groups -OCH3 is 1. The van der Waals surface area contributed by atoms with Crippen LogP contribution in [0.1, 0.15) is 36.7 Å². The van der Waals surface area contributed by atoms with Gasteiger partial charge in [-0.15, -0.1) is 0 Å². The van der Waals surface area contributed by atoms with Crippen molar-refractivity contribution >= 4 is 12.1 Å². The highest BCUT2D eigenvalue weighted by molar-refractivity contribution is 5.89. The molecule has 21 heavy (non-hydrogen) atoms.